The first kappa shape index (κ1) is 8.52. The van der Waals surface area contributed by atoms with Crippen LogP contribution in [0, 0.1) is 5.92 Å². The molecule has 1 aliphatic heterocycles. The molecule has 2 fully saturated rings. The highest BCUT2D eigenvalue weighted by Gasteiger charge is 2.49. The molecule has 0 spiro atoms. The topological polar surface area (TPSA) is 29.3 Å². The Labute approximate surface area is 75.1 Å². The molecule has 1 aliphatic carbocycles. The van der Waals surface area contributed by atoms with Gasteiger partial charge in [-0.05, 0) is 32.2 Å². The summed E-state index contributed by atoms with van der Waals surface area (Å²) in [5.41, 5.74) is 5.95. The predicted octanol–water partition coefficient (Wildman–Crippen LogP) is 1.21. The molecule has 0 aromatic rings. The summed E-state index contributed by atoms with van der Waals surface area (Å²) in [6, 6.07) is 2.18. The Morgan fingerprint density at radius 1 is 1.42 bits per heavy atom. The Kier molecular flexibility index (Phi) is 2.13. The van der Waals surface area contributed by atoms with E-state index in [0.29, 0.717) is 6.04 Å². The van der Waals surface area contributed by atoms with Crippen LogP contribution in [0.4, 0.5) is 0 Å². The first-order valence-corrected chi connectivity index (χ1v) is 5.21. The van der Waals surface area contributed by atoms with Gasteiger partial charge in [-0.25, -0.2) is 0 Å². The number of likely N-dealkylation sites (tertiary alicyclic amines) is 1. The number of rotatable bonds is 2. The van der Waals surface area contributed by atoms with E-state index in [4.69, 9.17) is 5.73 Å². The van der Waals surface area contributed by atoms with Crippen molar-refractivity contribution in [3.63, 3.8) is 0 Å². The molecule has 2 nitrogen and oxygen atoms in total. The summed E-state index contributed by atoms with van der Waals surface area (Å²) in [5.74, 6) is 0.935. The molecule has 0 aromatic heterocycles. The standard InChI is InChI=1S/C10H20N2/c1-3-4-9-8-5-7(11)6-10(8)12(9)2/h7-10H,3-6,11H2,1-2H3. The number of nitrogens with two attached hydrogens (primary N) is 1. The molecule has 0 aromatic carbocycles. The summed E-state index contributed by atoms with van der Waals surface area (Å²) < 4.78 is 0. The molecule has 70 valence electrons. The van der Waals surface area contributed by atoms with Crippen LogP contribution in [0.25, 0.3) is 0 Å². The first-order chi connectivity index (χ1) is 5.74. The van der Waals surface area contributed by atoms with Crippen LogP contribution in [0.2, 0.25) is 0 Å². The van der Waals surface area contributed by atoms with Gasteiger partial charge in [0.2, 0.25) is 0 Å². The molecule has 1 heterocycles. The van der Waals surface area contributed by atoms with Crippen molar-refractivity contribution in [1.29, 1.82) is 0 Å². The lowest BCUT2D eigenvalue weighted by molar-refractivity contribution is -0.0182. The smallest absolute Gasteiger partial charge is 0.0154 e. The quantitative estimate of drug-likeness (QED) is 0.671. The highest BCUT2D eigenvalue weighted by molar-refractivity contribution is 5.05. The molecule has 1 saturated carbocycles. The predicted molar refractivity (Wildman–Crippen MR) is 50.9 cm³/mol. The Balaban J connectivity index is 1.94. The van der Waals surface area contributed by atoms with E-state index in [1.807, 2.05) is 0 Å². The van der Waals surface area contributed by atoms with Gasteiger partial charge < -0.3 is 5.73 Å². The van der Waals surface area contributed by atoms with E-state index in [9.17, 15) is 0 Å². The molecule has 2 rings (SSSR count). The van der Waals surface area contributed by atoms with E-state index < -0.39 is 0 Å². The second-order valence-corrected chi connectivity index (χ2v) is 4.48. The van der Waals surface area contributed by atoms with Crippen LogP contribution in [-0.4, -0.2) is 30.1 Å². The van der Waals surface area contributed by atoms with Crippen molar-refractivity contribution in [2.75, 3.05) is 7.05 Å². The zero-order valence-electron chi connectivity index (χ0n) is 8.16. The SMILES string of the molecule is CCCC1C2CC(N)CC2N1C. The minimum atomic E-state index is 0.490. The van der Waals surface area contributed by atoms with Gasteiger partial charge in [-0.1, -0.05) is 13.3 Å². The average Bonchev–Trinajstić information content (AvgIpc) is 2.40. The average molecular weight is 168 g/mol. The van der Waals surface area contributed by atoms with Crippen molar-refractivity contribution in [2.24, 2.45) is 11.7 Å². The van der Waals surface area contributed by atoms with Gasteiger partial charge in [-0.2, -0.15) is 0 Å². The van der Waals surface area contributed by atoms with E-state index in [2.05, 4.69) is 18.9 Å². The van der Waals surface area contributed by atoms with E-state index in [-0.39, 0.29) is 0 Å². The van der Waals surface area contributed by atoms with Crippen LogP contribution < -0.4 is 5.73 Å². The molecule has 1 saturated heterocycles. The van der Waals surface area contributed by atoms with Gasteiger partial charge in [0.15, 0.2) is 0 Å². The van der Waals surface area contributed by atoms with Crippen molar-refractivity contribution >= 4 is 0 Å². The van der Waals surface area contributed by atoms with E-state index in [1.54, 1.807) is 0 Å². The molecular formula is C10H20N2. The highest BCUT2D eigenvalue weighted by Crippen LogP contribution is 2.44. The van der Waals surface area contributed by atoms with Crippen LogP contribution in [0.3, 0.4) is 0 Å². The van der Waals surface area contributed by atoms with Gasteiger partial charge >= 0.3 is 0 Å². The minimum Gasteiger partial charge on any atom is -0.328 e. The summed E-state index contributed by atoms with van der Waals surface area (Å²) >= 11 is 0. The molecule has 0 radical (unpaired) electrons. The van der Waals surface area contributed by atoms with E-state index in [0.717, 1.165) is 18.0 Å². The summed E-state index contributed by atoms with van der Waals surface area (Å²) in [4.78, 5) is 2.54. The largest absolute Gasteiger partial charge is 0.328 e. The summed E-state index contributed by atoms with van der Waals surface area (Å²) in [6.07, 6.45) is 5.19. The zero-order chi connectivity index (χ0) is 8.72. The highest BCUT2D eigenvalue weighted by atomic mass is 15.3. The third-order valence-electron chi connectivity index (χ3n) is 3.74. The Morgan fingerprint density at radius 2 is 2.17 bits per heavy atom. The molecule has 4 unspecified atom stereocenters. The van der Waals surface area contributed by atoms with Crippen molar-refractivity contribution < 1.29 is 0 Å². The number of hydrogen-bond donors (Lipinski definition) is 1. The maximum atomic E-state index is 5.95. The van der Waals surface area contributed by atoms with Crippen LogP contribution >= 0.6 is 0 Å². The Hall–Kier alpha value is -0.0800. The van der Waals surface area contributed by atoms with Gasteiger partial charge in [0.25, 0.3) is 0 Å². The van der Waals surface area contributed by atoms with Crippen LogP contribution in [0.15, 0.2) is 0 Å². The second-order valence-electron chi connectivity index (χ2n) is 4.48. The lowest BCUT2D eigenvalue weighted by Gasteiger charge is -2.50. The fourth-order valence-corrected chi connectivity index (χ4v) is 3.13. The molecular weight excluding hydrogens is 148 g/mol. The molecule has 0 amide bonds. The van der Waals surface area contributed by atoms with Crippen molar-refractivity contribution in [1.82, 2.24) is 4.90 Å². The zero-order valence-corrected chi connectivity index (χ0v) is 8.16. The molecule has 2 aliphatic rings. The normalized spacial score (nSPS) is 47.2. The fraction of sp³-hybridized carbons (Fsp3) is 1.00. The third kappa shape index (κ3) is 1.09. The van der Waals surface area contributed by atoms with Gasteiger partial charge in [-0.3, -0.25) is 4.90 Å². The summed E-state index contributed by atoms with van der Waals surface area (Å²) in [5, 5.41) is 0. The van der Waals surface area contributed by atoms with Crippen LogP contribution in [0.1, 0.15) is 32.6 Å². The minimum absolute atomic E-state index is 0.490. The lowest BCUT2D eigenvalue weighted by Crippen LogP contribution is -2.59. The van der Waals surface area contributed by atoms with Crippen LogP contribution in [-0.2, 0) is 0 Å². The maximum Gasteiger partial charge on any atom is 0.0154 e. The first-order valence-electron chi connectivity index (χ1n) is 5.21. The summed E-state index contributed by atoms with van der Waals surface area (Å²) in [7, 11) is 2.26. The number of nitrogens with zero attached hydrogens (tertiary/aromatic N) is 1. The number of hydrogen-bond acceptors (Lipinski definition) is 2. The van der Waals surface area contributed by atoms with Crippen molar-refractivity contribution in [2.45, 2.75) is 50.7 Å². The fourth-order valence-electron chi connectivity index (χ4n) is 3.13. The van der Waals surface area contributed by atoms with Gasteiger partial charge in [0.05, 0.1) is 0 Å². The monoisotopic (exact) mass is 168 g/mol. The van der Waals surface area contributed by atoms with Gasteiger partial charge in [0.1, 0.15) is 0 Å². The molecule has 4 atom stereocenters. The molecule has 12 heavy (non-hydrogen) atoms. The van der Waals surface area contributed by atoms with Crippen molar-refractivity contribution in [3.05, 3.63) is 0 Å². The van der Waals surface area contributed by atoms with E-state index >= 15 is 0 Å². The Bertz CT molecular complexity index is 169. The second kappa shape index (κ2) is 3.00. The van der Waals surface area contributed by atoms with Gasteiger partial charge in [-0.15, -0.1) is 0 Å². The number of fused-ring (bicyclic) bond motifs is 1. The Morgan fingerprint density at radius 3 is 2.83 bits per heavy atom. The molecule has 0 bridgehead atoms. The maximum absolute atomic E-state index is 5.95. The molecule has 2 N–H and O–H groups in total. The van der Waals surface area contributed by atoms with E-state index in [1.165, 1.54) is 25.7 Å². The van der Waals surface area contributed by atoms with Crippen molar-refractivity contribution in [3.8, 4) is 0 Å². The van der Waals surface area contributed by atoms with Crippen LogP contribution in [0.5, 0.6) is 0 Å². The third-order valence-corrected chi connectivity index (χ3v) is 3.74. The summed E-state index contributed by atoms with van der Waals surface area (Å²) in [6.45, 7) is 2.27. The van der Waals surface area contributed by atoms with Gasteiger partial charge in [0, 0.05) is 18.1 Å². The molecule has 2 heteroatoms. The lowest BCUT2D eigenvalue weighted by atomic mass is 9.80.